The van der Waals surface area contributed by atoms with Gasteiger partial charge in [-0.2, -0.15) is 0 Å². The monoisotopic (exact) mass is 544 g/mol. The highest BCUT2D eigenvalue weighted by Gasteiger charge is 2.27. The maximum atomic E-state index is 12.6. The van der Waals surface area contributed by atoms with Gasteiger partial charge in [0.2, 0.25) is 5.95 Å². The molecule has 14 heteroatoms. The van der Waals surface area contributed by atoms with Crippen LogP contribution in [0.1, 0.15) is 22.4 Å². The van der Waals surface area contributed by atoms with Crippen molar-refractivity contribution in [3.05, 3.63) is 77.1 Å². The van der Waals surface area contributed by atoms with E-state index >= 15 is 0 Å². The van der Waals surface area contributed by atoms with Crippen molar-refractivity contribution in [3.63, 3.8) is 0 Å². The molecule has 0 saturated heterocycles. The van der Waals surface area contributed by atoms with E-state index in [-0.39, 0.29) is 35.2 Å². The molecule has 2 aromatic carbocycles. The lowest BCUT2D eigenvalue weighted by Gasteiger charge is -2.28. The van der Waals surface area contributed by atoms with Crippen LogP contribution in [0.4, 0.5) is 15.5 Å². The summed E-state index contributed by atoms with van der Waals surface area (Å²) in [6.45, 7) is 3.86. The third-order valence-corrected chi connectivity index (χ3v) is 8.24. The van der Waals surface area contributed by atoms with Gasteiger partial charge in [0.25, 0.3) is 20.0 Å². The fourth-order valence-corrected chi connectivity index (χ4v) is 5.41. The molecule has 3 aromatic rings. The second-order valence-corrected chi connectivity index (χ2v) is 11.8. The van der Waals surface area contributed by atoms with Crippen LogP contribution in [-0.4, -0.2) is 50.3 Å². The first kappa shape index (κ1) is 26.0. The molecule has 0 bridgehead atoms. The number of sulfonamides is 2. The van der Waals surface area contributed by atoms with E-state index in [9.17, 15) is 26.4 Å². The predicted octanol–water partition coefficient (Wildman–Crippen LogP) is 2.06. The molecule has 2 heterocycles. The van der Waals surface area contributed by atoms with Crippen molar-refractivity contribution < 1.29 is 26.4 Å². The molecule has 0 unspecified atom stereocenters. The molecular formula is C23H24N6O6S2. The largest absolute Gasteiger partial charge is 0.335 e. The number of aryl methyl sites for hydroxylation is 2. The van der Waals surface area contributed by atoms with E-state index in [2.05, 4.69) is 20.0 Å². The maximum absolute atomic E-state index is 12.6. The fraction of sp³-hybridized carbons (Fsp3) is 0.217. The number of nitrogens with zero attached hydrogens (tertiary/aromatic N) is 3. The molecule has 0 aliphatic carbocycles. The first-order chi connectivity index (χ1) is 17.4. The van der Waals surface area contributed by atoms with Crippen LogP contribution in [-0.2, 0) is 33.0 Å². The summed E-state index contributed by atoms with van der Waals surface area (Å²) in [5.74, 6) is -0.116. The van der Waals surface area contributed by atoms with Crippen molar-refractivity contribution in [1.29, 1.82) is 0 Å². The van der Waals surface area contributed by atoms with Crippen molar-refractivity contribution in [1.82, 2.24) is 24.3 Å². The molecular weight excluding hydrogens is 520 g/mol. The van der Waals surface area contributed by atoms with Gasteiger partial charge in [-0.3, -0.25) is 5.32 Å². The Balaban J connectivity index is 1.38. The Morgan fingerprint density at radius 3 is 1.95 bits per heavy atom. The molecule has 0 fully saturated rings. The number of nitrogens with one attached hydrogen (secondary N) is 3. The number of amides is 4. The predicted molar refractivity (Wildman–Crippen MR) is 134 cm³/mol. The molecule has 1 aliphatic rings. The molecule has 0 saturated carbocycles. The van der Waals surface area contributed by atoms with E-state index in [0.717, 1.165) is 11.1 Å². The third-order valence-electron chi connectivity index (χ3n) is 5.56. The first-order valence-electron chi connectivity index (χ1n) is 11.1. The quantitative estimate of drug-likeness (QED) is 0.439. The van der Waals surface area contributed by atoms with Crippen LogP contribution >= 0.6 is 0 Å². The highest BCUT2D eigenvalue weighted by Crippen LogP contribution is 2.19. The Morgan fingerprint density at radius 2 is 1.38 bits per heavy atom. The summed E-state index contributed by atoms with van der Waals surface area (Å²) in [4.78, 5) is 34.3. The molecule has 3 N–H and O–H groups in total. The number of aromatic nitrogens is 2. The molecule has 0 atom stereocenters. The second-order valence-electron chi connectivity index (χ2n) is 8.43. The fourth-order valence-electron chi connectivity index (χ4n) is 3.53. The molecule has 1 aromatic heterocycles. The number of carbonyl (C=O) groups is 2. The standard InChI is InChI=1S/C23H24N6O6S2/c1-15-3-7-18(8-4-15)36(32,33)27-22(30)26-21-24-13-17-14-29(12-11-20(17)25-21)23(31)28-37(34,35)19-9-5-16(2)6-10-19/h3-10,13H,11-12,14H2,1-2H3,(H,28,31)(H2,24,25,26,27,30). The summed E-state index contributed by atoms with van der Waals surface area (Å²) < 4.78 is 53.8. The minimum atomic E-state index is -4.09. The van der Waals surface area contributed by atoms with Crippen molar-refractivity contribution >= 4 is 38.1 Å². The average Bonchev–Trinajstić information content (AvgIpc) is 2.83. The lowest BCUT2D eigenvalue weighted by Crippen LogP contribution is -2.45. The summed E-state index contributed by atoms with van der Waals surface area (Å²) in [6, 6.07) is 10.3. The number of urea groups is 2. The summed E-state index contributed by atoms with van der Waals surface area (Å²) in [5.41, 5.74) is 2.86. The van der Waals surface area contributed by atoms with Crippen LogP contribution in [0, 0.1) is 13.8 Å². The number of rotatable bonds is 5. The Bertz CT molecular complexity index is 1560. The van der Waals surface area contributed by atoms with Crippen LogP contribution in [0.2, 0.25) is 0 Å². The van der Waals surface area contributed by atoms with Gasteiger partial charge >= 0.3 is 12.1 Å². The molecule has 0 radical (unpaired) electrons. The van der Waals surface area contributed by atoms with Crippen molar-refractivity contribution in [2.75, 3.05) is 11.9 Å². The number of hydrogen-bond acceptors (Lipinski definition) is 8. The Hall–Kier alpha value is -4.04. The van der Waals surface area contributed by atoms with Crippen LogP contribution in [0.25, 0.3) is 0 Å². The van der Waals surface area contributed by atoms with Gasteiger partial charge in [0.1, 0.15) is 0 Å². The van der Waals surface area contributed by atoms with Crippen LogP contribution in [0.5, 0.6) is 0 Å². The van der Waals surface area contributed by atoms with Crippen molar-refractivity contribution in [3.8, 4) is 0 Å². The van der Waals surface area contributed by atoms with Gasteiger partial charge in [0.05, 0.1) is 22.0 Å². The van der Waals surface area contributed by atoms with Gasteiger partial charge in [0.15, 0.2) is 0 Å². The number of hydrogen-bond donors (Lipinski definition) is 3. The molecule has 37 heavy (non-hydrogen) atoms. The number of fused-ring (bicyclic) bond motifs is 1. The van der Waals surface area contributed by atoms with Crippen molar-refractivity contribution in [2.45, 2.75) is 36.6 Å². The number of anilines is 1. The molecule has 12 nitrogen and oxygen atoms in total. The molecule has 194 valence electrons. The summed E-state index contributed by atoms with van der Waals surface area (Å²) in [5, 5.41) is 2.29. The van der Waals surface area contributed by atoms with E-state index in [1.54, 1.807) is 24.3 Å². The summed E-state index contributed by atoms with van der Waals surface area (Å²) >= 11 is 0. The lowest BCUT2D eigenvalue weighted by molar-refractivity contribution is 0.198. The van der Waals surface area contributed by atoms with E-state index in [1.807, 2.05) is 18.6 Å². The van der Waals surface area contributed by atoms with Gasteiger partial charge in [-0.15, -0.1) is 0 Å². The molecule has 4 rings (SSSR count). The highest BCUT2D eigenvalue weighted by molar-refractivity contribution is 7.90. The summed E-state index contributed by atoms with van der Waals surface area (Å²) in [7, 11) is -8.12. The van der Waals surface area contributed by atoms with E-state index in [0.29, 0.717) is 11.3 Å². The third kappa shape index (κ3) is 6.21. The van der Waals surface area contributed by atoms with E-state index < -0.39 is 32.1 Å². The molecule has 1 aliphatic heterocycles. The van der Waals surface area contributed by atoms with Crippen LogP contribution in [0.3, 0.4) is 0 Å². The number of carbonyl (C=O) groups excluding carboxylic acids is 2. The average molecular weight is 545 g/mol. The topological polar surface area (TPSA) is 168 Å². The Kier molecular flexibility index (Phi) is 7.14. The van der Waals surface area contributed by atoms with Gasteiger partial charge in [-0.05, 0) is 38.1 Å². The Labute approximate surface area is 214 Å². The normalized spacial score (nSPS) is 13.4. The minimum absolute atomic E-state index is 0.0226. The maximum Gasteiger partial charge on any atom is 0.335 e. The Morgan fingerprint density at radius 1 is 0.838 bits per heavy atom. The van der Waals surface area contributed by atoms with Gasteiger partial charge in [-0.1, -0.05) is 35.4 Å². The first-order valence-corrected chi connectivity index (χ1v) is 14.0. The SMILES string of the molecule is Cc1ccc(S(=O)(=O)NC(=O)Nc2ncc3c(n2)CCN(C(=O)NS(=O)(=O)c2ccc(C)cc2)C3)cc1. The van der Waals surface area contributed by atoms with Gasteiger partial charge in [0, 0.05) is 24.7 Å². The zero-order chi connectivity index (χ0) is 26.8. The molecule has 0 spiro atoms. The van der Waals surface area contributed by atoms with E-state index in [4.69, 9.17) is 0 Å². The van der Waals surface area contributed by atoms with Crippen molar-refractivity contribution in [2.24, 2.45) is 0 Å². The van der Waals surface area contributed by atoms with E-state index in [1.165, 1.54) is 35.4 Å². The smallest absolute Gasteiger partial charge is 0.319 e. The van der Waals surface area contributed by atoms with Gasteiger partial charge in [-0.25, -0.2) is 45.8 Å². The minimum Gasteiger partial charge on any atom is -0.319 e. The lowest BCUT2D eigenvalue weighted by atomic mass is 10.1. The molecule has 4 amide bonds. The van der Waals surface area contributed by atoms with Gasteiger partial charge < -0.3 is 4.90 Å². The second kappa shape index (κ2) is 10.1. The zero-order valence-electron chi connectivity index (χ0n) is 19.9. The van der Waals surface area contributed by atoms with Crippen LogP contribution < -0.4 is 14.8 Å². The summed E-state index contributed by atoms with van der Waals surface area (Å²) in [6.07, 6.45) is 1.66. The number of benzene rings is 2. The van der Waals surface area contributed by atoms with Crippen LogP contribution in [0.15, 0.2) is 64.5 Å². The highest BCUT2D eigenvalue weighted by atomic mass is 32.2. The zero-order valence-corrected chi connectivity index (χ0v) is 21.6.